The van der Waals surface area contributed by atoms with E-state index >= 15 is 4.39 Å². The number of fused-ring (bicyclic) bond motifs is 4. The lowest BCUT2D eigenvalue weighted by Crippen LogP contribution is -2.51. The zero-order valence-corrected chi connectivity index (χ0v) is 19.2. The Morgan fingerprint density at radius 3 is 2.85 bits per heavy atom. The van der Waals surface area contributed by atoms with E-state index in [1.54, 1.807) is 0 Å². The van der Waals surface area contributed by atoms with Crippen LogP contribution in [0.1, 0.15) is 33.8 Å². The number of nitrogens with one attached hydrogen (secondary N) is 2. The molecule has 2 saturated heterocycles. The normalized spacial score (nSPS) is 23.9. The van der Waals surface area contributed by atoms with E-state index in [9.17, 15) is 4.79 Å². The van der Waals surface area contributed by atoms with Gasteiger partial charge in [0.25, 0.3) is 5.91 Å². The Labute approximate surface area is 195 Å². The van der Waals surface area contributed by atoms with Crippen LogP contribution in [0, 0.1) is 12.7 Å². The van der Waals surface area contributed by atoms with Crippen molar-refractivity contribution in [1.82, 2.24) is 15.6 Å². The van der Waals surface area contributed by atoms with Gasteiger partial charge < -0.3 is 26.0 Å². The van der Waals surface area contributed by atoms with E-state index in [-0.39, 0.29) is 24.4 Å². The van der Waals surface area contributed by atoms with Crippen molar-refractivity contribution < 1.29 is 13.9 Å². The first kappa shape index (κ1) is 20.7. The first-order valence-corrected chi connectivity index (χ1v) is 12.2. The van der Waals surface area contributed by atoms with Crippen molar-refractivity contribution in [1.29, 1.82) is 0 Å². The topological polar surface area (TPSA) is 92.5 Å². The van der Waals surface area contributed by atoms with Crippen LogP contribution in [-0.4, -0.2) is 48.7 Å². The Morgan fingerprint density at radius 1 is 1.27 bits per heavy atom. The van der Waals surface area contributed by atoms with Crippen molar-refractivity contribution in [3.63, 3.8) is 0 Å². The third kappa shape index (κ3) is 3.59. The number of pyridine rings is 1. The summed E-state index contributed by atoms with van der Waals surface area (Å²) in [5, 5.41) is 7.37. The molecule has 3 aliphatic rings. The summed E-state index contributed by atoms with van der Waals surface area (Å²) in [6.45, 7) is 3.75. The Hall–Kier alpha value is -2.91. The summed E-state index contributed by atoms with van der Waals surface area (Å²) < 4.78 is 21.2. The number of aryl methyl sites for hydroxylation is 1. The molecule has 9 heteroatoms. The number of aromatic nitrogens is 1. The third-order valence-electron chi connectivity index (χ3n) is 6.89. The molecule has 1 aromatic carbocycles. The van der Waals surface area contributed by atoms with Crippen molar-refractivity contribution in [3.8, 4) is 5.75 Å². The van der Waals surface area contributed by atoms with E-state index < -0.39 is 0 Å². The van der Waals surface area contributed by atoms with Crippen molar-refractivity contribution in [2.45, 2.75) is 44.3 Å². The molecule has 0 spiro atoms. The summed E-state index contributed by atoms with van der Waals surface area (Å²) in [5.41, 5.74) is 8.92. The molecular weight excluding hydrogens is 441 g/mol. The summed E-state index contributed by atoms with van der Waals surface area (Å²) in [7, 11) is 0. The molecule has 0 aliphatic carbocycles. The monoisotopic (exact) mass is 467 g/mol. The number of carbonyl (C=O) groups is 1. The summed E-state index contributed by atoms with van der Waals surface area (Å²) in [6.07, 6.45) is 2.80. The minimum absolute atomic E-state index is 0.216. The van der Waals surface area contributed by atoms with Crippen LogP contribution in [-0.2, 0) is 6.42 Å². The van der Waals surface area contributed by atoms with E-state index in [4.69, 9.17) is 10.5 Å². The zero-order chi connectivity index (χ0) is 22.7. The van der Waals surface area contributed by atoms with Gasteiger partial charge in [-0.3, -0.25) is 4.79 Å². The van der Waals surface area contributed by atoms with E-state index in [0.717, 1.165) is 47.4 Å². The van der Waals surface area contributed by atoms with Gasteiger partial charge in [-0.2, -0.15) is 0 Å². The van der Waals surface area contributed by atoms with Crippen LogP contribution >= 0.6 is 11.3 Å². The fraction of sp³-hybridized carbons (Fsp3) is 0.417. The largest absolute Gasteiger partial charge is 0.488 e. The molecular formula is C24H26FN5O2S. The predicted molar refractivity (Wildman–Crippen MR) is 128 cm³/mol. The van der Waals surface area contributed by atoms with Crippen molar-refractivity contribution in [3.05, 3.63) is 46.2 Å². The van der Waals surface area contributed by atoms with Gasteiger partial charge in [-0.1, -0.05) is 6.07 Å². The minimum atomic E-state index is -0.297. The lowest BCUT2D eigenvalue weighted by atomic mass is 10.0. The highest BCUT2D eigenvalue weighted by atomic mass is 32.1. The number of nitrogen functional groups attached to an aromatic ring is 1. The second kappa shape index (κ2) is 7.85. The number of carbonyl (C=O) groups excluding carboxylic acids is 1. The molecule has 5 heterocycles. The number of rotatable bonds is 3. The molecule has 6 rings (SSSR count). The number of piperazine rings is 1. The van der Waals surface area contributed by atoms with Gasteiger partial charge in [-0.05, 0) is 49.9 Å². The SMILES string of the molecule is Cc1ccc2c(N)c(C(=O)N[C@H]3COc4c(ccc(N5CC6CCC(C5)N6)c4F)C3)sc2n1. The maximum Gasteiger partial charge on any atom is 0.263 e. The maximum absolute atomic E-state index is 15.4. The lowest BCUT2D eigenvalue weighted by Gasteiger charge is -2.36. The molecule has 2 fully saturated rings. The maximum atomic E-state index is 15.4. The Morgan fingerprint density at radius 2 is 2.06 bits per heavy atom. The summed E-state index contributed by atoms with van der Waals surface area (Å²) in [4.78, 5) is 20.7. The Balaban J connectivity index is 1.18. The number of hydrogen-bond donors (Lipinski definition) is 3. The Kier molecular flexibility index (Phi) is 4.92. The van der Waals surface area contributed by atoms with E-state index in [1.165, 1.54) is 11.3 Å². The molecule has 4 N–H and O–H groups in total. The first-order chi connectivity index (χ1) is 16.0. The smallest absolute Gasteiger partial charge is 0.263 e. The zero-order valence-electron chi connectivity index (χ0n) is 18.4. The van der Waals surface area contributed by atoms with Crippen LogP contribution in [0.2, 0.25) is 0 Å². The molecule has 3 aliphatic heterocycles. The summed E-state index contributed by atoms with van der Waals surface area (Å²) in [6, 6.07) is 8.16. The minimum Gasteiger partial charge on any atom is -0.488 e. The predicted octanol–water partition coefficient (Wildman–Crippen LogP) is 3.00. The Bertz CT molecular complexity index is 1250. The molecule has 7 nitrogen and oxygen atoms in total. The fourth-order valence-electron chi connectivity index (χ4n) is 5.25. The number of anilines is 2. The molecule has 2 unspecified atom stereocenters. The molecule has 1 amide bonds. The van der Waals surface area contributed by atoms with Crippen molar-refractivity contribution in [2.24, 2.45) is 0 Å². The van der Waals surface area contributed by atoms with Gasteiger partial charge in [-0.25, -0.2) is 9.37 Å². The van der Waals surface area contributed by atoms with Crippen molar-refractivity contribution >= 4 is 38.8 Å². The quantitative estimate of drug-likeness (QED) is 0.549. The van der Waals surface area contributed by atoms with Gasteiger partial charge in [-0.15, -0.1) is 11.3 Å². The van der Waals surface area contributed by atoms with Gasteiger partial charge in [0.1, 0.15) is 16.3 Å². The standard InChI is InChI=1S/C24H26FN5O2S/c1-12-2-6-17-20(26)22(33-24(17)27-12)23(31)29-16-8-13-3-7-18(19(25)21(13)32-11-16)30-9-14-4-5-15(10-30)28-14/h2-3,6-7,14-16,28H,4-5,8-11,26H2,1H3,(H,29,31)/t14?,15?,16-/m1/s1. The molecule has 0 radical (unpaired) electrons. The van der Waals surface area contributed by atoms with Crippen LogP contribution in [0.3, 0.4) is 0 Å². The van der Waals surface area contributed by atoms with Gasteiger partial charge in [0.15, 0.2) is 11.6 Å². The van der Waals surface area contributed by atoms with Crippen LogP contribution < -0.4 is 26.0 Å². The van der Waals surface area contributed by atoms with Gasteiger partial charge >= 0.3 is 0 Å². The highest BCUT2D eigenvalue weighted by Gasteiger charge is 2.35. The molecule has 3 aromatic rings. The van der Waals surface area contributed by atoms with Gasteiger partial charge in [0.2, 0.25) is 0 Å². The first-order valence-electron chi connectivity index (χ1n) is 11.4. The molecule has 33 heavy (non-hydrogen) atoms. The van der Waals surface area contributed by atoms with E-state index in [2.05, 4.69) is 20.5 Å². The van der Waals surface area contributed by atoms with Crippen LogP contribution in [0.15, 0.2) is 24.3 Å². The fourth-order valence-corrected chi connectivity index (χ4v) is 6.29. The number of amides is 1. The molecule has 0 saturated carbocycles. The molecule has 3 atom stereocenters. The third-order valence-corrected chi connectivity index (χ3v) is 8.00. The second-order valence-electron chi connectivity index (χ2n) is 9.27. The highest BCUT2D eigenvalue weighted by Crippen LogP contribution is 2.37. The van der Waals surface area contributed by atoms with Crippen LogP contribution in [0.25, 0.3) is 10.2 Å². The highest BCUT2D eigenvalue weighted by molar-refractivity contribution is 7.21. The van der Waals surface area contributed by atoms with Crippen LogP contribution in [0.4, 0.5) is 15.8 Å². The van der Waals surface area contributed by atoms with Gasteiger partial charge in [0, 0.05) is 36.3 Å². The van der Waals surface area contributed by atoms with E-state index in [0.29, 0.717) is 40.5 Å². The van der Waals surface area contributed by atoms with Crippen LogP contribution in [0.5, 0.6) is 5.75 Å². The second-order valence-corrected chi connectivity index (χ2v) is 10.3. The number of hydrogen-bond acceptors (Lipinski definition) is 7. The van der Waals surface area contributed by atoms with E-state index in [1.807, 2.05) is 31.2 Å². The summed E-state index contributed by atoms with van der Waals surface area (Å²) in [5.74, 6) is -0.239. The molecule has 172 valence electrons. The number of benzene rings is 1. The molecule has 2 bridgehead atoms. The van der Waals surface area contributed by atoms with Crippen molar-refractivity contribution in [2.75, 3.05) is 30.3 Å². The number of halogens is 1. The average Bonchev–Trinajstić information content (AvgIpc) is 3.31. The number of ether oxygens (including phenoxy) is 1. The number of nitrogens with zero attached hydrogens (tertiary/aromatic N) is 2. The molecule has 2 aromatic heterocycles. The van der Waals surface area contributed by atoms with Gasteiger partial charge in [0.05, 0.1) is 17.4 Å². The number of nitrogens with two attached hydrogens (primary N) is 1. The number of thiophene rings is 1. The lowest BCUT2D eigenvalue weighted by molar-refractivity contribution is 0.0919. The summed E-state index contributed by atoms with van der Waals surface area (Å²) >= 11 is 1.29. The average molecular weight is 468 g/mol.